The number of carbonyl (C=O) groups excluding carboxylic acids is 1. The Morgan fingerprint density at radius 1 is 1.42 bits per heavy atom. The van der Waals surface area contributed by atoms with Crippen LogP contribution in [0.25, 0.3) is 0 Å². The summed E-state index contributed by atoms with van der Waals surface area (Å²) < 4.78 is 0. The fourth-order valence-electron chi connectivity index (χ4n) is 1.39. The fraction of sp³-hybridized carbons (Fsp3) is 0.889. The van der Waals surface area contributed by atoms with Crippen LogP contribution in [-0.4, -0.2) is 22.7 Å². The molecule has 0 bridgehead atoms. The summed E-state index contributed by atoms with van der Waals surface area (Å²) in [4.78, 5) is 11.4. The Morgan fingerprint density at radius 2 is 2.00 bits per heavy atom. The normalized spacial score (nSPS) is 27.8. The molecule has 2 aliphatic carbocycles. The van der Waals surface area contributed by atoms with E-state index in [0.29, 0.717) is 6.04 Å². The Hall–Kier alpha value is -0.570. The topological polar surface area (TPSA) is 49.3 Å². The van der Waals surface area contributed by atoms with Gasteiger partial charge in [-0.2, -0.15) is 0 Å². The Balaban J connectivity index is 1.90. The van der Waals surface area contributed by atoms with Crippen molar-refractivity contribution in [3.8, 4) is 0 Å². The molecule has 0 spiro atoms. The van der Waals surface area contributed by atoms with Crippen molar-refractivity contribution in [3.63, 3.8) is 0 Å². The van der Waals surface area contributed by atoms with Gasteiger partial charge in [-0.25, -0.2) is 0 Å². The van der Waals surface area contributed by atoms with Crippen molar-refractivity contribution >= 4 is 5.91 Å². The van der Waals surface area contributed by atoms with Crippen LogP contribution in [0.5, 0.6) is 0 Å². The van der Waals surface area contributed by atoms with Gasteiger partial charge in [0.1, 0.15) is 5.60 Å². The first kappa shape index (κ1) is 8.05. The van der Waals surface area contributed by atoms with Crippen LogP contribution in [0.1, 0.15) is 32.6 Å². The smallest absolute Gasteiger partial charge is 0.252 e. The maximum atomic E-state index is 11.4. The third kappa shape index (κ3) is 1.46. The Labute approximate surface area is 72.2 Å². The first-order chi connectivity index (χ1) is 5.60. The minimum atomic E-state index is -1.11. The Bertz CT molecular complexity index is 205. The molecule has 0 aliphatic heterocycles. The highest BCUT2D eigenvalue weighted by Crippen LogP contribution is 2.39. The van der Waals surface area contributed by atoms with Crippen molar-refractivity contribution in [1.29, 1.82) is 0 Å². The van der Waals surface area contributed by atoms with Crippen molar-refractivity contribution in [2.45, 2.75) is 44.2 Å². The van der Waals surface area contributed by atoms with Gasteiger partial charge in [-0.05, 0) is 38.5 Å². The molecular formula is C9H15NO2. The lowest BCUT2D eigenvalue weighted by Crippen LogP contribution is -2.46. The van der Waals surface area contributed by atoms with E-state index in [0.717, 1.165) is 25.7 Å². The van der Waals surface area contributed by atoms with Crippen molar-refractivity contribution < 1.29 is 9.90 Å². The van der Waals surface area contributed by atoms with Gasteiger partial charge in [0.15, 0.2) is 0 Å². The molecule has 12 heavy (non-hydrogen) atoms. The number of hydrogen-bond acceptors (Lipinski definition) is 2. The highest BCUT2D eigenvalue weighted by molar-refractivity contribution is 5.85. The molecule has 3 heteroatoms. The molecule has 2 fully saturated rings. The molecule has 0 radical (unpaired) electrons. The summed E-state index contributed by atoms with van der Waals surface area (Å²) >= 11 is 0. The average molecular weight is 169 g/mol. The van der Waals surface area contributed by atoms with E-state index >= 15 is 0 Å². The predicted octanol–water partition coefficient (Wildman–Crippen LogP) is 0.426. The number of nitrogens with one attached hydrogen (secondary N) is 1. The Kier molecular flexibility index (Phi) is 1.65. The maximum Gasteiger partial charge on any atom is 0.252 e. The molecule has 1 atom stereocenters. The lowest BCUT2D eigenvalue weighted by atomic mass is 10.00. The van der Waals surface area contributed by atoms with E-state index in [1.807, 2.05) is 0 Å². The van der Waals surface area contributed by atoms with Crippen LogP contribution in [0, 0.1) is 5.92 Å². The third-order valence-electron chi connectivity index (χ3n) is 2.74. The highest BCUT2D eigenvalue weighted by Gasteiger charge is 2.46. The zero-order valence-corrected chi connectivity index (χ0v) is 7.34. The maximum absolute atomic E-state index is 11.4. The van der Waals surface area contributed by atoms with Gasteiger partial charge in [-0.15, -0.1) is 0 Å². The first-order valence-corrected chi connectivity index (χ1v) is 4.64. The standard InChI is InChI=1S/C9H15NO2/c1-9(12,6-2-3-6)8(11)10-7-4-5-7/h6-7,12H,2-5H2,1H3,(H,10,11). The van der Waals surface area contributed by atoms with Crippen LogP contribution in [0.15, 0.2) is 0 Å². The monoisotopic (exact) mass is 169 g/mol. The van der Waals surface area contributed by atoms with E-state index in [2.05, 4.69) is 5.32 Å². The molecule has 0 aromatic carbocycles. The largest absolute Gasteiger partial charge is 0.380 e. The van der Waals surface area contributed by atoms with Crippen LogP contribution < -0.4 is 5.32 Å². The molecule has 1 unspecified atom stereocenters. The minimum Gasteiger partial charge on any atom is -0.380 e. The summed E-state index contributed by atoms with van der Waals surface area (Å²) in [5.74, 6) is 0.0312. The van der Waals surface area contributed by atoms with Crippen molar-refractivity contribution in [1.82, 2.24) is 5.32 Å². The van der Waals surface area contributed by atoms with Crippen molar-refractivity contribution in [3.05, 3.63) is 0 Å². The molecule has 0 heterocycles. The van der Waals surface area contributed by atoms with Gasteiger partial charge in [-0.1, -0.05) is 0 Å². The van der Waals surface area contributed by atoms with E-state index in [-0.39, 0.29) is 11.8 Å². The molecule has 0 saturated heterocycles. The van der Waals surface area contributed by atoms with Gasteiger partial charge in [0.25, 0.3) is 5.91 Å². The van der Waals surface area contributed by atoms with Crippen molar-refractivity contribution in [2.24, 2.45) is 5.92 Å². The lowest BCUT2D eigenvalue weighted by molar-refractivity contribution is -0.140. The summed E-state index contributed by atoms with van der Waals surface area (Å²) in [5, 5.41) is 12.6. The molecule has 1 amide bonds. The van der Waals surface area contributed by atoms with Crippen molar-refractivity contribution in [2.75, 3.05) is 0 Å². The van der Waals surface area contributed by atoms with Crippen LogP contribution in [0.4, 0.5) is 0 Å². The molecule has 0 aromatic rings. The molecule has 2 N–H and O–H groups in total. The lowest BCUT2D eigenvalue weighted by Gasteiger charge is -2.21. The SMILES string of the molecule is CC(O)(C(=O)NC1CC1)C1CC1. The minimum absolute atomic E-state index is 0.174. The van der Waals surface area contributed by atoms with Gasteiger partial charge >= 0.3 is 0 Å². The van der Waals surface area contributed by atoms with Crippen LogP contribution >= 0.6 is 0 Å². The van der Waals surface area contributed by atoms with Crippen LogP contribution in [0.2, 0.25) is 0 Å². The summed E-state index contributed by atoms with van der Waals surface area (Å²) in [7, 11) is 0. The number of rotatable bonds is 3. The molecule has 68 valence electrons. The molecule has 2 rings (SSSR count). The number of hydrogen-bond donors (Lipinski definition) is 2. The molecule has 2 saturated carbocycles. The van der Waals surface area contributed by atoms with E-state index in [1.165, 1.54) is 0 Å². The van der Waals surface area contributed by atoms with Gasteiger partial charge in [-0.3, -0.25) is 4.79 Å². The Morgan fingerprint density at radius 3 is 2.42 bits per heavy atom. The number of carbonyl (C=O) groups is 1. The van der Waals surface area contributed by atoms with Gasteiger partial charge < -0.3 is 10.4 Å². The molecule has 3 nitrogen and oxygen atoms in total. The van der Waals surface area contributed by atoms with Gasteiger partial charge in [0.05, 0.1) is 0 Å². The second-order valence-corrected chi connectivity index (χ2v) is 4.17. The summed E-state index contributed by atoms with van der Waals surface area (Å²) in [6, 6.07) is 0.350. The first-order valence-electron chi connectivity index (χ1n) is 4.64. The highest BCUT2D eigenvalue weighted by atomic mass is 16.3. The van der Waals surface area contributed by atoms with Crippen LogP contribution in [0.3, 0.4) is 0 Å². The predicted molar refractivity (Wildman–Crippen MR) is 44.5 cm³/mol. The van der Waals surface area contributed by atoms with E-state index in [9.17, 15) is 9.90 Å². The second kappa shape index (κ2) is 2.46. The zero-order valence-electron chi connectivity index (χ0n) is 7.34. The zero-order chi connectivity index (χ0) is 8.77. The average Bonchev–Trinajstić information content (AvgIpc) is 2.83. The second-order valence-electron chi connectivity index (χ2n) is 4.17. The van der Waals surface area contributed by atoms with E-state index in [4.69, 9.17) is 0 Å². The molecule has 2 aliphatic rings. The summed E-state index contributed by atoms with van der Waals surface area (Å²) in [6.07, 6.45) is 4.13. The number of amides is 1. The molecule has 0 aromatic heterocycles. The fourth-order valence-corrected chi connectivity index (χ4v) is 1.39. The van der Waals surface area contributed by atoms with E-state index in [1.54, 1.807) is 6.92 Å². The van der Waals surface area contributed by atoms with Gasteiger partial charge in [0.2, 0.25) is 0 Å². The molecular weight excluding hydrogens is 154 g/mol. The van der Waals surface area contributed by atoms with Crippen LogP contribution in [-0.2, 0) is 4.79 Å². The third-order valence-corrected chi connectivity index (χ3v) is 2.74. The summed E-state index contributed by atoms with van der Waals surface area (Å²) in [5.41, 5.74) is -1.11. The quantitative estimate of drug-likeness (QED) is 0.643. The number of aliphatic hydroxyl groups is 1. The summed E-state index contributed by atoms with van der Waals surface area (Å²) in [6.45, 7) is 1.63. The van der Waals surface area contributed by atoms with E-state index < -0.39 is 5.60 Å². The van der Waals surface area contributed by atoms with Gasteiger partial charge in [0, 0.05) is 6.04 Å².